The minimum absolute atomic E-state index is 0.409. The summed E-state index contributed by atoms with van der Waals surface area (Å²) >= 11 is 11.5. The van der Waals surface area contributed by atoms with Gasteiger partial charge in [0.15, 0.2) is 5.56 Å². The van der Waals surface area contributed by atoms with Crippen molar-refractivity contribution in [1.82, 2.24) is 0 Å². The smallest absolute Gasteiger partial charge is 0.156 e. The second kappa shape index (κ2) is 3.96. The van der Waals surface area contributed by atoms with Gasteiger partial charge in [-0.05, 0) is 17.7 Å². The molecule has 0 N–H and O–H groups in total. The van der Waals surface area contributed by atoms with Crippen LogP contribution in [-0.2, 0) is 4.74 Å². The highest BCUT2D eigenvalue weighted by atomic mass is 35.5. The lowest BCUT2D eigenvalue weighted by Gasteiger charge is -2.06. The number of methoxy groups -OCH3 is 1. The Labute approximate surface area is 75.9 Å². The molecule has 0 saturated heterocycles. The zero-order valence-electron chi connectivity index (χ0n) is 6.05. The van der Waals surface area contributed by atoms with E-state index in [0.717, 1.165) is 5.56 Å². The van der Waals surface area contributed by atoms with Crippen molar-refractivity contribution >= 4 is 23.2 Å². The van der Waals surface area contributed by atoms with Crippen LogP contribution in [0.25, 0.3) is 0 Å². The van der Waals surface area contributed by atoms with Crippen molar-refractivity contribution in [2.24, 2.45) is 0 Å². The summed E-state index contributed by atoms with van der Waals surface area (Å²) in [5, 5.41) is 0.671. The third kappa shape index (κ3) is 2.37. The van der Waals surface area contributed by atoms with Gasteiger partial charge < -0.3 is 4.74 Å². The Kier molecular flexibility index (Phi) is 3.18. The molecule has 0 bridgehead atoms. The van der Waals surface area contributed by atoms with Gasteiger partial charge in [0, 0.05) is 12.1 Å². The summed E-state index contributed by atoms with van der Waals surface area (Å²) in [7, 11) is 1.55. The number of hydrogen-bond donors (Lipinski definition) is 0. The van der Waals surface area contributed by atoms with Crippen LogP contribution in [-0.4, -0.2) is 7.11 Å². The molecule has 0 heterocycles. The molecule has 0 radical (unpaired) electrons. The summed E-state index contributed by atoms with van der Waals surface area (Å²) in [5.41, 5.74) is 0.468. The molecule has 0 aliphatic carbocycles. The first kappa shape index (κ1) is 8.85. The van der Waals surface area contributed by atoms with E-state index in [2.05, 4.69) is 0 Å². The van der Waals surface area contributed by atoms with Crippen LogP contribution in [0, 0.1) is 0 Å². The Morgan fingerprint density at radius 1 is 1.45 bits per heavy atom. The third-order valence-corrected chi connectivity index (χ3v) is 1.98. The van der Waals surface area contributed by atoms with Crippen LogP contribution in [0.5, 0.6) is 0 Å². The predicted molar refractivity (Wildman–Crippen MR) is 47.1 cm³/mol. The summed E-state index contributed by atoms with van der Waals surface area (Å²) in [6, 6.07) is 7.28. The molecule has 0 spiro atoms. The minimum Gasteiger partial charge on any atom is -0.361 e. The largest absolute Gasteiger partial charge is 0.361 e. The first-order valence-electron chi connectivity index (χ1n) is 3.16. The molecule has 0 fully saturated rings. The summed E-state index contributed by atoms with van der Waals surface area (Å²) < 4.78 is 4.90. The number of halogens is 2. The Morgan fingerprint density at radius 3 is 2.73 bits per heavy atom. The standard InChI is InChI=1S/C8H8Cl2O/c1-11-8(10)6-3-2-4-7(9)5-6/h2-5,8H,1H3. The second-order valence-corrected chi connectivity index (χ2v) is 2.94. The molecular weight excluding hydrogens is 183 g/mol. The summed E-state index contributed by atoms with van der Waals surface area (Å²) in [4.78, 5) is 0. The molecule has 0 aliphatic heterocycles. The number of hydrogen-bond acceptors (Lipinski definition) is 1. The van der Waals surface area contributed by atoms with Crippen LogP contribution in [0.15, 0.2) is 24.3 Å². The van der Waals surface area contributed by atoms with Crippen LogP contribution >= 0.6 is 23.2 Å². The zero-order valence-corrected chi connectivity index (χ0v) is 7.56. The van der Waals surface area contributed by atoms with Crippen LogP contribution in [0.1, 0.15) is 11.1 Å². The van der Waals surface area contributed by atoms with E-state index in [1.807, 2.05) is 12.1 Å². The molecule has 1 aromatic rings. The van der Waals surface area contributed by atoms with E-state index in [-0.39, 0.29) is 0 Å². The maximum Gasteiger partial charge on any atom is 0.156 e. The zero-order chi connectivity index (χ0) is 8.27. The molecule has 1 aromatic carbocycles. The highest BCUT2D eigenvalue weighted by Crippen LogP contribution is 2.22. The lowest BCUT2D eigenvalue weighted by Crippen LogP contribution is -1.91. The van der Waals surface area contributed by atoms with Gasteiger partial charge in [0.1, 0.15) is 0 Å². The quantitative estimate of drug-likeness (QED) is 0.652. The van der Waals surface area contributed by atoms with E-state index in [1.54, 1.807) is 19.2 Å². The van der Waals surface area contributed by atoms with Gasteiger partial charge >= 0.3 is 0 Å². The van der Waals surface area contributed by atoms with E-state index >= 15 is 0 Å². The molecule has 1 atom stereocenters. The highest BCUT2D eigenvalue weighted by Gasteiger charge is 2.04. The van der Waals surface area contributed by atoms with E-state index in [4.69, 9.17) is 27.9 Å². The van der Waals surface area contributed by atoms with E-state index in [1.165, 1.54) is 0 Å². The molecule has 1 rings (SSSR count). The minimum atomic E-state index is -0.409. The van der Waals surface area contributed by atoms with E-state index in [0.29, 0.717) is 5.02 Å². The summed E-state index contributed by atoms with van der Waals surface area (Å²) in [6.45, 7) is 0. The van der Waals surface area contributed by atoms with Crippen molar-refractivity contribution in [3.8, 4) is 0 Å². The van der Waals surface area contributed by atoms with Crippen LogP contribution in [0.2, 0.25) is 5.02 Å². The first-order valence-corrected chi connectivity index (χ1v) is 3.98. The molecule has 1 unspecified atom stereocenters. The van der Waals surface area contributed by atoms with Crippen molar-refractivity contribution in [3.63, 3.8) is 0 Å². The molecule has 0 amide bonds. The fraction of sp³-hybridized carbons (Fsp3) is 0.250. The number of ether oxygens (including phenoxy) is 1. The molecule has 60 valence electrons. The van der Waals surface area contributed by atoms with Gasteiger partial charge in [-0.15, -0.1) is 0 Å². The Morgan fingerprint density at radius 2 is 2.18 bits per heavy atom. The van der Waals surface area contributed by atoms with Gasteiger partial charge in [-0.2, -0.15) is 0 Å². The fourth-order valence-corrected chi connectivity index (χ4v) is 1.12. The van der Waals surface area contributed by atoms with Crippen LogP contribution in [0.4, 0.5) is 0 Å². The van der Waals surface area contributed by atoms with Crippen LogP contribution in [0.3, 0.4) is 0 Å². The Bertz CT molecular complexity index is 237. The lowest BCUT2D eigenvalue weighted by atomic mass is 10.2. The summed E-state index contributed by atoms with van der Waals surface area (Å²) in [6.07, 6.45) is 0. The highest BCUT2D eigenvalue weighted by molar-refractivity contribution is 6.30. The van der Waals surface area contributed by atoms with Crippen LogP contribution < -0.4 is 0 Å². The number of benzene rings is 1. The van der Waals surface area contributed by atoms with Gasteiger partial charge in [-0.1, -0.05) is 35.3 Å². The summed E-state index contributed by atoms with van der Waals surface area (Å²) in [5.74, 6) is 0. The molecule has 1 nitrogen and oxygen atoms in total. The topological polar surface area (TPSA) is 9.23 Å². The average Bonchev–Trinajstić information content (AvgIpc) is 2.03. The fourth-order valence-electron chi connectivity index (χ4n) is 0.784. The Balaban J connectivity index is 2.86. The van der Waals surface area contributed by atoms with E-state index in [9.17, 15) is 0 Å². The van der Waals surface area contributed by atoms with Gasteiger partial charge in [0.25, 0.3) is 0 Å². The van der Waals surface area contributed by atoms with Gasteiger partial charge in [0.2, 0.25) is 0 Å². The second-order valence-electron chi connectivity index (χ2n) is 2.11. The van der Waals surface area contributed by atoms with Crippen molar-refractivity contribution in [2.75, 3.05) is 7.11 Å². The lowest BCUT2D eigenvalue weighted by molar-refractivity contribution is 0.170. The first-order chi connectivity index (χ1) is 5.24. The average molecular weight is 191 g/mol. The van der Waals surface area contributed by atoms with Crippen molar-refractivity contribution < 1.29 is 4.74 Å². The number of rotatable bonds is 2. The molecule has 0 saturated carbocycles. The molecule has 0 aromatic heterocycles. The maximum atomic E-state index is 5.78. The van der Waals surface area contributed by atoms with Gasteiger partial charge in [-0.25, -0.2) is 0 Å². The third-order valence-electron chi connectivity index (χ3n) is 1.32. The normalized spacial score (nSPS) is 13.0. The van der Waals surface area contributed by atoms with Crippen molar-refractivity contribution in [2.45, 2.75) is 5.56 Å². The monoisotopic (exact) mass is 190 g/mol. The van der Waals surface area contributed by atoms with Gasteiger partial charge in [0.05, 0.1) is 0 Å². The van der Waals surface area contributed by atoms with Crippen molar-refractivity contribution in [3.05, 3.63) is 34.9 Å². The number of alkyl halides is 1. The molecular formula is C8H8Cl2O. The SMILES string of the molecule is COC(Cl)c1cccc(Cl)c1. The Hall–Kier alpha value is -0.240. The van der Waals surface area contributed by atoms with E-state index < -0.39 is 5.56 Å². The van der Waals surface area contributed by atoms with Crippen molar-refractivity contribution in [1.29, 1.82) is 0 Å². The molecule has 11 heavy (non-hydrogen) atoms. The van der Waals surface area contributed by atoms with Gasteiger partial charge in [-0.3, -0.25) is 0 Å². The molecule has 0 aliphatic rings. The maximum absolute atomic E-state index is 5.78. The predicted octanol–water partition coefficient (Wildman–Crippen LogP) is 3.22. The molecule has 3 heteroatoms.